The van der Waals surface area contributed by atoms with Crippen LogP contribution < -0.4 is 10.6 Å². The minimum absolute atomic E-state index is 0.269. The minimum Gasteiger partial charge on any atom is -0.480 e. The van der Waals surface area contributed by atoms with Crippen molar-refractivity contribution in [1.29, 1.82) is 0 Å². The summed E-state index contributed by atoms with van der Waals surface area (Å²) < 4.78 is 23.5. The van der Waals surface area contributed by atoms with Gasteiger partial charge < -0.3 is 15.7 Å². The molecule has 0 rings (SSSR count). The first kappa shape index (κ1) is 14.6. The summed E-state index contributed by atoms with van der Waals surface area (Å²) in [6, 6.07) is -1.96. The Labute approximate surface area is 92.2 Å². The van der Waals surface area contributed by atoms with E-state index in [1.165, 1.54) is 0 Å². The van der Waals surface area contributed by atoms with Gasteiger partial charge in [-0.05, 0) is 5.92 Å². The molecule has 16 heavy (non-hydrogen) atoms. The van der Waals surface area contributed by atoms with Gasteiger partial charge >= 0.3 is 12.0 Å². The Morgan fingerprint density at radius 2 is 1.94 bits per heavy atom. The summed E-state index contributed by atoms with van der Waals surface area (Å²) in [5.41, 5.74) is 0. The molecule has 0 aromatic rings. The van der Waals surface area contributed by atoms with E-state index in [2.05, 4.69) is 5.32 Å². The van der Waals surface area contributed by atoms with E-state index in [9.17, 15) is 18.4 Å². The molecule has 0 spiro atoms. The molecule has 7 heteroatoms. The minimum atomic E-state index is -2.65. The van der Waals surface area contributed by atoms with Crippen LogP contribution in [-0.2, 0) is 4.79 Å². The molecule has 94 valence electrons. The topological polar surface area (TPSA) is 78.4 Å². The molecule has 0 fully saturated rings. The molecule has 0 saturated heterocycles. The van der Waals surface area contributed by atoms with Crippen molar-refractivity contribution in [2.24, 2.45) is 5.92 Å². The fourth-order valence-corrected chi connectivity index (χ4v) is 1.05. The van der Waals surface area contributed by atoms with Crippen LogP contribution in [0.15, 0.2) is 0 Å². The Bertz CT molecular complexity index is 249. The van der Waals surface area contributed by atoms with Crippen LogP contribution in [0.2, 0.25) is 0 Å². The summed E-state index contributed by atoms with van der Waals surface area (Å²) in [5.74, 6) is -1.45. The van der Waals surface area contributed by atoms with Gasteiger partial charge in [0, 0.05) is 0 Å². The molecule has 0 radical (unpaired) electrons. The van der Waals surface area contributed by atoms with E-state index in [0.717, 1.165) is 0 Å². The quantitative estimate of drug-likeness (QED) is 0.647. The van der Waals surface area contributed by atoms with Crippen molar-refractivity contribution in [1.82, 2.24) is 10.6 Å². The molecular weight excluding hydrogens is 222 g/mol. The lowest BCUT2D eigenvalue weighted by Crippen LogP contribution is -2.49. The monoisotopic (exact) mass is 238 g/mol. The van der Waals surface area contributed by atoms with Crippen molar-refractivity contribution in [2.45, 2.75) is 32.7 Å². The number of carboxylic acid groups (broad SMARTS) is 1. The maximum absolute atomic E-state index is 11.8. The number of halogens is 2. The summed E-state index contributed by atoms with van der Waals surface area (Å²) in [6.07, 6.45) is -2.09. The number of carbonyl (C=O) groups is 2. The number of carbonyl (C=O) groups excluding carboxylic acids is 1. The molecule has 5 nitrogen and oxygen atoms in total. The molecule has 1 unspecified atom stereocenters. The van der Waals surface area contributed by atoms with Gasteiger partial charge in [-0.25, -0.2) is 18.4 Å². The second kappa shape index (κ2) is 6.97. The summed E-state index contributed by atoms with van der Waals surface area (Å²) in [5, 5.41) is 12.8. The average Bonchev–Trinajstić information content (AvgIpc) is 2.21. The van der Waals surface area contributed by atoms with Crippen LogP contribution in [0, 0.1) is 5.92 Å². The number of aliphatic carboxylic acids is 1. The number of urea groups is 1. The lowest BCUT2D eigenvalue weighted by atomic mass is 9.99. The highest BCUT2D eigenvalue weighted by molar-refractivity contribution is 5.82. The average molecular weight is 238 g/mol. The van der Waals surface area contributed by atoms with Gasteiger partial charge in [0.1, 0.15) is 6.04 Å². The van der Waals surface area contributed by atoms with E-state index in [1.807, 2.05) is 5.32 Å². The standard InChI is InChI=1S/C9H16F2N2O3/c1-3-5(2)7(8(14)15)13-9(16)12-4-6(10)11/h5-7H,3-4H2,1-2H3,(H,14,15)(H2,12,13,16)/t5?,7-/m0/s1. The Morgan fingerprint density at radius 3 is 2.31 bits per heavy atom. The van der Waals surface area contributed by atoms with E-state index in [-0.39, 0.29) is 5.92 Å². The van der Waals surface area contributed by atoms with Crippen LogP contribution in [0.4, 0.5) is 13.6 Å². The Kier molecular flexibility index (Phi) is 6.36. The predicted octanol–water partition coefficient (Wildman–Crippen LogP) is 1.05. The zero-order valence-corrected chi connectivity index (χ0v) is 9.17. The van der Waals surface area contributed by atoms with Crippen LogP contribution in [0.25, 0.3) is 0 Å². The van der Waals surface area contributed by atoms with Crippen LogP contribution in [0.1, 0.15) is 20.3 Å². The fraction of sp³-hybridized carbons (Fsp3) is 0.778. The number of alkyl halides is 2. The summed E-state index contributed by atoms with van der Waals surface area (Å²) in [7, 11) is 0. The molecular formula is C9H16F2N2O3. The van der Waals surface area contributed by atoms with E-state index in [0.29, 0.717) is 6.42 Å². The number of amides is 2. The molecule has 0 aliphatic heterocycles. The zero-order valence-electron chi connectivity index (χ0n) is 9.17. The SMILES string of the molecule is CCC(C)[C@H](NC(=O)NCC(F)F)C(=O)O. The molecule has 2 atom stereocenters. The van der Waals surface area contributed by atoms with Crippen LogP contribution in [-0.4, -0.2) is 36.1 Å². The van der Waals surface area contributed by atoms with Gasteiger partial charge in [0.25, 0.3) is 6.43 Å². The molecule has 0 bridgehead atoms. The first-order valence-electron chi connectivity index (χ1n) is 4.93. The van der Waals surface area contributed by atoms with Crippen LogP contribution in [0.5, 0.6) is 0 Å². The molecule has 2 amide bonds. The lowest BCUT2D eigenvalue weighted by Gasteiger charge is -2.20. The number of nitrogens with one attached hydrogen (secondary N) is 2. The lowest BCUT2D eigenvalue weighted by molar-refractivity contribution is -0.140. The maximum atomic E-state index is 11.8. The smallest absolute Gasteiger partial charge is 0.326 e. The fourth-order valence-electron chi connectivity index (χ4n) is 1.05. The zero-order chi connectivity index (χ0) is 12.7. The number of hydrogen-bond donors (Lipinski definition) is 3. The second-order valence-electron chi connectivity index (χ2n) is 3.45. The molecule has 0 aromatic carbocycles. The van der Waals surface area contributed by atoms with E-state index >= 15 is 0 Å². The van der Waals surface area contributed by atoms with Crippen molar-refractivity contribution in [2.75, 3.05) is 6.54 Å². The van der Waals surface area contributed by atoms with Crippen molar-refractivity contribution in [3.8, 4) is 0 Å². The second-order valence-corrected chi connectivity index (χ2v) is 3.45. The number of hydrogen-bond acceptors (Lipinski definition) is 2. The van der Waals surface area contributed by atoms with Gasteiger partial charge in [-0.1, -0.05) is 20.3 Å². The Balaban J connectivity index is 4.19. The molecule has 3 N–H and O–H groups in total. The summed E-state index contributed by atoms with van der Waals surface area (Å²) in [6.45, 7) is 2.64. The Hall–Kier alpha value is -1.40. The highest BCUT2D eigenvalue weighted by Gasteiger charge is 2.25. The highest BCUT2D eigenvalue weighted by atomic mass is 19.3. The first-order chi connectivity index (χ1) is 7.38. The molecule has 0 aliphatic carbocycles. The van der Waals surface area contributed by atoms with E-state index < -0.39 is 31.0 Å². The first-order valence-corrected chi connectivity index (χ1v) is 4.93. The maximum Gasteiger partial charge on any atom is 0.326 e. The van der Waals surface area contributed by atoms with Gasteiger partial charge in [0.05, 0.1) is 6.54 Å². The Morgan fingerprint density at radius 1 is 1.38 bits per heavy atom. The van der Waals surface area contributed by atoms with Crippen LogP contribution >= 0.6 is 0 Å². The molecule has 0 heterocycles. The normalized spacial score (nSPS) is 14.3. The third-order valence-corrected chi connectivity index (χ3v) is 2.18. The van der Waals surface area contributed by atoms with Gasteiger partial charge in [-0.2, -0.15) is 0 Å². The van der Waals surface area contributed by atoms with Gasteiger partial charge in [-0.3, -0.25) is 0 Å². The van der Waals surface area contributed by atoms with E-state index in [1.54, 1.807) is 13.8 Å². The van der Waals surface area contributed by atoms with Gasteiger partial charge in [0.15, 0.2) is 0 Å². The summed E-state index contributed by atoms with van der Waals surface area (Å²) in [4.78, 5) is 21.8. The molecule has 0 saturated carbocycles. The van der Waals surface area contributed by atoms with Crippen molar-refractivity contribution >= 4 is 12.0 Å². The predicted molar refractivity (Wildman–Crippen MR) is 53.4 cm³/mol. The van der Waals surface area contributed by atoms with E-state index in [4.69, 9.17) is 5.11 Å². The molecule has 0 aromatic heterocycles. The van der Waals surface area contributed by atoms with Crippen molar-refractivity contribution < 1.29 is 23.5 Å². The summed E-state index contributed by atoms with van der Waals surface area (Å²) >= 11 is 0. The third kappa shape index (κ3) is 5.47. The largest absolute Gasteiger partial charge is 0.480 e. The number of carboxylic acids is 1. The van der Waals surface area contributed by atoms with Crippen LogP contribution in [0.3, 0.4) is 0 Å². The highest BCUT2D eigenvalue weighted by Crippen LogP contribution is 2.07. The van der Waals surface area contributed by atoms with Gasteiger partial charge in [-0.15, -0.1) is 0 Å². The third-order valence-electron chi connectivity index (χ3n) is 2.18. The molecule has 0 aliphatic rings. The van der Waals surface area contributed by atoms with Crippen molar-refractivity contribution in [3.63, 3.8) is 0 Å². The van der Waals surface area contributed by atoms with Crippen molar-refractivity contribution in [3.05, 3.63) is 0 Å². The number of rotatable bonds is 6. The van der Waals surface area contributed by atoms with Gasteiger partial charge in [0.2, 0.25) is 0 Å².